The zero-order chi connectivity index (χ0) is 14.0. The third-order valence-corrected chi connectivity index (χ3v) is 3.64. The van der Waals surface area contributed by atoms with Crippen LogP contribution >= 0.6 is 34.2 Å². The molecule has 6 heteroatoms. The van der Waals surface area contributed by atoms with Gasteiger partial charge in [0.1, 0.15) is 5.82 Å². The van der Waals surface area contributed by atoms with Crippen molar-refractivity contribution in [2.75, 3.05) is 11.1 Å². The van der Waals surface area contributed by atoms with Gasteiger partial charge in [-0.1, -0.05) is 11.6 Å². The van der Waals surface area contributed by atoms with Crippen molar-refractivity contribution < 1.29 is 9.18 Å². The van der Waals surface area contributed by atoms with Gasteiger partial charge in [0.25, 0.3) is 5.91 Å². The predicted molar refractivity (Wildman–Crippen MR) is 82.9 cm³/mol. The molecule has 0 aliphatic carbocycles. The Morgan fingerprint density at radius 2 is 2.00 bits per heavy atom. The number of nitrogen functional groups attached to an aromatic ring is 1. The number of amides is 1. The van der Waals surface area contributed by atoms with Gasteiger partial charge in [-0.3, -0.25) is 4.79 Å². The largest absolute Gasteiger partial charge is 0.399 e. The highest BCUT2D eigenvalue weighted by molar-refractivity contribution is 14.1. The lowest BCUT2D eigenvalue weighted by molar-refractivity contribution is 0.102. The van der Waals surface area contributed by atoms with Crippen LogP contribution in [0.5, 0.6) is 0 Å². The molecule has 0 saturated carbocycles. The molecule has 2 rings (SSSR count). The highest BCUT2D eigenvalue weighted by Gasteiger charge is 2.12. The van der Waals surface area contributed by atoms with Gasteiger partial charge in [-0.25, -0.2) is 4.39 Å². The molecule has 2 aromatic carbocycles. The molecule has 19 heavy (non-hydrogen) atoms. The second kappa shape index (κ2) is 5.75. The maximum Gasteiger partial charge on any atom is 0.256 e. The number of hydrogen-bond donors (Lipinski definition) is 2. The minimum Gasteiger partial charge on any atom is -0.399 e. The lowest BCUT2D eigenvalue weighted by Gasteiger charge is -2.09. The lowest BCUT2D eigenvalue weighted by atomic mass is 10.2. The summed E-state index contributed by atoms with van der Waals surface area (Å²) in [6, 6.07) is 8.75. The minimum atomic E-state index is -0.386. The topological polar surface area (TPSA) is 55.1 Å². The van der Waals surface area contributed by atoms with Crippen LogP contribution in [-0.4, -0.2) is 5.91 Å². The first-order valence-electron chi connectivity index (χ1n) is 5.29. The molecule has 98 valence electrons. The first kappa shape index (κ1) is 14.1. The Morgan fingerprint density at radius 1 is 1.26 bits per heavy atom. The molecule has 0 fully saturated rings. The fourth-order valence-electron chi connectivity index (χ4n) is 1.50. The van der Waals surface area contributed by atoms with Crippen molar-refractivity contribution in [2.24, 2.45) is 0 Å². The molecule has 0 atom stereocenters. The molecule has 0 unspecified atom stereocenters. The normalized spacial score (nSPS) is 10.3. The smallest absolute Gasteiger partial charge is 0.256 e. The van der Waals surface area contributed by atoms with Gasteiger partial charge in [-0.2, -0.15) is 0 Å². The average Bonchev–Trinajstić information content (AvgIpc) is 2.33. The molecule has 1 amide bonds. The molecule has 0 heterocycles. The molecular weight excluding hydrogens is 382 g/mol. The third-order valence-electron chi connectivity index (χ3n) is 2.41. The molecule has 0 spiro atoms. The molecule has 0 aliphatic rings. The van der Waals surface area contributed by atoms with E-state index in [2.05, 4.69) is 5.32 Å². The number of hydrogen-bond acceptors (Lipinski definition) is 2. The van der Waals surface area contributed by atoms with Crippen LogP contribution < -0.4 is 11.1 Å². The Morgan fingerprint density at radius 3 is 2.68 bits per heavy atom. The van der Waals surface area contributed by atoms with E-state index < -0.39 is 0 Å². The van der Waals surface area contributed by atoms with Crippen molar-refractivity contribution in [3.8, 4) is 0 Å². The molecule has 0 aliphatic heterocycles. The third kappa shape index (κ3) is 3.36. The van der Waals surface area contributed by atoms with Crippen molar-refractivity contribution in [1.82, 2.24) is 0 Å². The number of halogens is 3. The molecular formula is C13H9ClFIN2O. The number of carbonyl (C=O) groups excluding carboxylic acids is 1. The summed E-state index contributed by atoms with van der Waals surface area (Å²) < 4.78 is 13.5. The number of carbonyl (C=O) groups is 1. The van der Waals surface area contributed by atoms with Gasteiger partial charge >= 0.3 is 0 Å². The zero-order valence-electron chi connectivity index (χ0n) is 9.58. The number of nitrogens with one attached hydrogen (secondary N) is 1. The van der Waals surface area contributed by atoms with Crippen LogP contribution in [0.2, 0.25) is 5.02 Å². The van der Waals surface area contributed by atoms with Gasteiger partial charge in [0.2, 0.25) is 0 Å². The predicted octanol–water partition coefficient (Wildman–Crippen LogP) is 3.92. The van der Waals surface area contributed by atoms with E-state index in [4.69, 9.17) is 17.3 Å². The van der Waals surface area contributed by atoms with Gasteiger partial charge < -0.3 is 11.1 Å². The lowest BCUT2D eigenvalue weighted by Crippen LogP contribution is -2.14. The SMILES string of the molecule is Nc1ccc(Cl)c(NC(=O)c2ccc(F)cc2I)c1. The Hall–Kier alpha value is -1.34. The first-order valence-corrected chi connectivity index (χ1v) is 6.74. The summed E-state index contributed by atoms with van der Waals surface area (Å²) in [4.78, 5) is 12.1. The fourth-order valence-corrected chi connectivity index (χ4v) is 2.39. The summed E-state index contributed by atoms with van der Waals surface area (Å²) in [5, 5.41) is 3.04. The van der Waals surface area contributed by atoms with E-state index in [9.17, 15) is 9.18 Å². The van der Waals surface area contributed by atoms with Crippen LogP contribution in [0, 0.1) is 9.39 Å². The van der Waals surface area contributed by atoms with Crippen molar-refractivity contribution in [2.45, 2.75) is 0 Å². The number of nitrogens with two attached hydrogens (primary N) is 1. The summed E-state index contributed by atoms with van der Waals surface area (Å²) in [7, 11) is 0. The Bertz CT molecular complexity index is 649. The summed E-state index contributed by atoms with van der Waals surface area (Å²) >= 11 is 7.86. The van der Waals surface area contributed by atoms with E-state index in [1.54, 1.807) is 18.2 Å². The minimum absolute atomic E-state index is 0.364. The summed E-state index contributed by atoms with van der Waals surface area (Å²) in [6.45, 7) is 0. The Kier molecular flexibility index (Phi) is 4.26. The second-order valence-electron chi connectivity index (χ2n) is 3.82. The van der Waals surface area contributed by atoms with Gasteiger partial charge in [0, 0.05) is 9.26 Å². The molecule has 0 bridgehead atoms. The average molecular weight is 391 g/mol. The molecule has 0 saturated heterocycles. The van der Waals surface area contributed by atoms with Crippen molar-refractivity contribution in [3.63, 3.8) is 0 Å². The molecule has 2 aromatic rings. The van der Waals surface area contributed by atoms with E-state index in [0.29, 0.717) is 25.5 Å². The number of rotatable bonds is 2. The maximum absolute atomic E-state index is 13.0. The van der Waals surface area contributed by atoms with Crippen LogP contribution in [0.1, 0.15) is 10.4 Å². The van der Waals surface area contributed by atoms with E-state index in [-0.39, 0.29) is 11.7 Å². The molecule has 3 N–H and O–H groups in total. The van der Waals surface area contributed by atoms with Crippen LogP contribution in [0.25, 0.3) is 0 Å². The van der Waals surface area contributed by atoms with Crippen LogP contribution in [0.15, 0.2) is 36.4 Å². The van der Waals surface area contributed by atoms with Crippen LogP contribution in [0.3, 0.4) is 0 Å². The van der Waals surface area contributed by atoms with Gasteiger partial charge in [0.05, 0.1) is 16.3 Å². The van der Waals surface area contributed by atoms with Gasteiger partial charge in [0.15, 0.2) is 0 Å². The van der Waals surface area contributed by atoms with Crippen molar-refractivity contribution in [1.29, 1.82) is 0 Å². The number of anilines is 2. The van der Waals surface area contributed by atoms with Crippen molar-refractivity contribution in [3.05, 3.63) is 56.4 Å². The van der Waals surface area contributed by atoms with Crippen LogP contribution in [-0.2, 0) is 0 Å². The highest BCUT2D eigenvalue weighted by atomic mass is 127. The summed E-state index contributed by atoms with van der Waals surface area (Å²) in [5.41, 5.74) is 6.92. The van der Waals surface area contributed by atoms with E-state index in [0.717, 1.165) is 0 Å². The summed E-state index contributed by atoms with van der Waals surface area (Å²) in [6.07, 6.45) is 0. The number of benzene rings is 2. The molecule has 0 radical (unpaired) electrons. The standard InChI is InChI=1S/C13H9ClFIN2O/c14-10-4-2-8(17)6-12(10)18-13(19)9-3-1-7(15)5-11(9)16/h1-6H,17H2,(H,18,19). The van der Waals surface area contributed by atoms with Crippen molar-refractivity contribution >= 4 is 51.5 Å². The van der Waals surface area contributed by atoms with Gasteiger partial charge in [-0.05, 0) is 59.0 Å². The van der Waals surface area contributed by atoms with E-state index in [1.165, 1.54) is 18.2 Å². The fraction of sp³-hybridized carbons (Fsp3) is 0. The zero-order valence-corrected chi connectivity index (χ0v) is 12.5. The Labute approximate surface area is 128 Å². The Balaban J connectivity index is 2.28. The second-order valence-corrected chi connectivity index (χ2v) is 5.39. The molecule has 3 nitrogen and oxygen atoms in total. The highest BCUT2D eigenvalue weighted by Crippen LogP contribution is 2.25. The maximum atomic E-state index is 13.0. The summed E-state index contributed by atoms with van der Waals surface area (Å²) in [5.74, 6) is -0.750. The monoisotopic (exact) mass is 390 g/mol. The molecule has 0 aromatic heterocycles. The quantitative estimate of drug-likeness (QED) is 0.603. The van der Waals surface area contributed by atoms with Gasteiger partial charge in [-0.15, -0.1) is 0 Å². The van der Waals surface area contributed by atoms with Crippen LogP contribution in [0.4, 0.5) is 15.8 Å². The van der Waals surface area contributed by atoms with E-state index in [1.807, 2.05) is 22.6 Å². The van der Waals surface area contributed by atoms with E-state index >= 15 is 0 Å². The first-order chi connectivity index (χ1) is 8.97.